The Bertz CT molecular complexity index is 708. The van der Waals surface area contributed by atoms with E-state index < -0.39 is 16.0 Å². The van der Waals surface area contributed by atoms with Gasteiger partial charge < -0.3 is 4.74 Å². The fourth-order valence-electron chi connectivity index (χ4n) is 1.69. The Kier molecular flexibility index (Phi) is 4.23. The minimum Gasteiger partial charge on any atom is -0.466 e. The molecule has 0 fully saturated rings. The van der Waals surface area contributed by atoms with Crippen LogP contribution in [-0.4, -0.2) is 36.9 Å². The highest BCUT2D eigenvalue weighted by Gasteiger charge is 2.16. The fraction of sp³-hybridized carbons (Fsp3) is 0.333. The molecule has 1 heterocycles. The molecule has 0 unspecified atom stereocenters. The Morgan fingerprint density at radius 2 is 2.15 bits per heavy atom. The molecule has 2 rings (SSSR count). The lowest BCUT2D eigenvalue weighted by atomic mass is 10.2. The summed E-state index contributed by atoms with van der Waals surface area (Å²) in [5, 5.41) is 7.31. The molecule has 8 heteroatoms. The van der Waals surface area contributed by atoms with E-state index in [0.717, 1.165) is 5.52 Å². The summed E-state index contributed by atoms with van der Waals surface area (Å²) in [6.45, 7) is 1.90. The van der Waals surface area contributed by atoms with E-state index in [-0.39, 0.29) is 24.6 Å². The number of aromatic nitrogens is 2. The predicted octanol–water partition coefficient (Wildman–Crippen LogP) is 1.26. The number of ether oxygens (including phenoxy) is 1. The normalized spacial score (nSPS) is 11.4. The van der Waals surface area contributed by atoms with Gasteiger partial charge in [-0.2, -0.15) is 5.10 Å². The van der Waals surface area contributed by atoms with E-state index in [2.05, 4.69) is 19.7 Å². The van der Waals surface area contributed by atoms with Crippen molar-refractivity contribution in [2.75, 3.05) is 17.1 Å². The van der Waals surface area contributed by atoms with Crippen molar-refractivity contribution in [1.82, 2.24) is 10.2 Å². The first-order valence-electron chi connectivity index (χ1n) is 6.11. The van der Waals surface area contributed by atoms with Crippen molar-refractivity contribution in [2.45, 2.75) is 13.3 Å². The van der Waals surface area contributed by atoms with Gasteiger partial charge in [-0.15, -0.1) is 0 Å². The minimum atomic E-state index is -3.64. The lowest BCUT2D eigenvalue weighted by molar-refractivity contribution is -0.142. The number of benzene rings is 1. The molecule has 0 radical (unpaired) electrons. The van der Waals surface area contributed by atoms with Crippen LogP contribution in [0.3, 0.4) is 0 Å². The highest BCUT2D eigenvalue weighted by atomic mass is 32.2. The molecule has 0 aliphatic carbocycles. The molecule has 0 bridgehead atoms. The van der Waals surface area contributed by atoms with E-state index in [0.29, 0.717) is 5.39 Å². The number of anilines is 1. The maximum Gasteiger partial charge on any atom is 0.306 e. The largest absolute Gasteiger partial charge is 0.466 e. The third kappa shape index (κ3) is 3.47. The van der Waals surface area contributed by atoms with Gasteiger partial charge in [0, 0.05) is 5.39 Å². The zero-order chi connectivity index (χ0) is 14.6. The number of para-hydroxylation sites is 1. The van der Waals surface area contributed by atoms with Crippen LogP contribution >= 0.6 is 0 Å². The molecular formula is C12H15N3O4S. The summed E-state index contributed by atoms with van der Waals surface area (Å²) in [5.74, 6) is -0.651. The number of hydrogen-bond donors (Lipinski definition) is 2. The van der Waals surface area contributed by atoms with Gasteiger partial charge in [0.2, 0.25) is 10.0 Å². The number of carbonyl (C=O) groups excluding carboxylic acids is 1. The number of hydrogen-bond acceptors (Lipinski definition) is 5. The average Bonchev–Trinajstić information content (AvgIpc) is 2.80. The van der Waals surface area contributed by atoms with Crippen LogP contribution in [0.1, 0.15) is 13.3 Å². The highest BCUT2D eigenvalue weighted by molar-refractivity contribution is 7.92. The maximum absolute atomic E-state index is 11.9. The molecule has 0 aliphatic rings. The van der Waals surface area contributed by atoms with Crippen molar-refractivity contribution in [3.63, 3.8) is 0 Å². The first-order chi connectivity index (χ1) is 9.52. The van der Waals surface area contributed by atoms with Crippen LogP contribution in [0, 0.1) is 0 Å². The third-order valence-corrected chi connectivity index (χ3v) is 3.85. The first kappa shape index (κ1) is 14.3. The molecular weight excluding hydrogens is 282 g/mol. The van der Waals surface area contributed by atoms with Gasteiger partial charge in [-0.3, -0.25) is 14.6 Å². The Balaban J connectivity index is 2.06. The molecule has 0 aliphatic heterocycles. The Morgan fingerprint density at radius 1 is 1.40 bits per heavy atom. The van der Waals surface area contributed by atoms with Gasteiger partial charge in [0.25, 0.3) is 0 Å². The van der Waals surface area contributed by atoms with Crippen molar-refractivity contribution in [2.24, 2.45) is 0 Å². The topological polar surface area (TPSA) is 101 Å². The van der Waals surface area contributed by atoms with Gasteiger partial charge in [0.1, 0.15) is 0 Å². The third-order valence-electron chi connectivity index (χ3n) is 2.60. The number of aromatic amines is 1. The van der Waals surface area contributed by atoms with Crippen molar-refractivity contribution < 1.29 is 17.9 Å². The second-order valence-electron chi connectivity index (χ2n) is 4.09. The number of nitrogens with one attached hydrogen (secondary N) is 2. The van der Waals surface area contributed by atoms with Crippen molar-refractivity contribution >= 4 is 32.7 Å². The Hall–Kier alpha value is -2.09. The number of esters is 1. The van der Waals surface area contributed by atoms with Gasteiger partial charge in [-0.1, -0.05) is 12.1 Å². The summed E-state index contributed by atoms with van der Waals surface area (Å²) in [5.41, 5.74) is 0.732. The van der Waals surface area contributed by atoms with Crippen LogP contribution in [0.4, 0.5) is 5.82 Å². The molecule has 108 valence electrons. The van der Waals surface area contributed by atoms with E-state index in [1.54, 1.807) is 25.1 Å². The van der Waals surface area contributed by atoms with Crippen molar-refractivity contribution in [1.29, 1.82) is 0 Å². The molecule has 0 saturated carbocycles. The molecule has 2 aromatic rings. The van der Waals surface area contributed by atoms with Gasteiger partial charge in [0.15, 0.2) is 5.82 Å². The summed E-state index contributed by atoms with van der Waals surface area (Å²) >= 11 is 0. The molecule has 1 aromatic carbocycles. The standard InChI is InChI=1S/C12H15N3O4S/c1-2-19-11(16)7-8-20(17,18)15-12-9-5-3-4-6-10(9)13-14-12/h3-6H,2,7-8H2,1H3,(H2,13,14,15). The van der Waals surface area contributed by atoms with E-state index >= 15 is 0 Å². The smallest absolute Gasteiger partial charge is 0.306 e. The fourth-order valence-corrected chi connectivity index (χ4v) is 2.68. The van der Waals surface area contributed by atoms with Crippen LogP contribution in [0.15, 0.2) is 24.3 Å². The average molecular weight is 297 g/mol. The zero-order valence-electron chi connectivity index (χ0n) is 10.9. The van der Waals surface area contributed by atoms with E-state index in [4.69, 9.17) is 0 Å². The van der Waals surface area contributed by atoms with Crippen LogP contribution in [0.5, 0.6) is 0 Å². The first-order valence-corrected chi connectivity index (χ1v) is 7.76. The molecule has 2 N–H and O–H groups in total. The molecule has 0 spiro atoms. The number of sulfonamides is 1. The molecule has 7 nitrogen and oxygen atoms in total. The van der Waals surface area contributed by atoms with Crippen LogP contribution in [0.2, 0.25) is 0 Å². The van der Waals surface area contributed by atoms with Crippen molar-refractivity contribution in [3.8, 4) is 0 Å². The van der Waals surface area contributed by atoms with Gasteiger partial charge in [-0.05, 0) is 19.1 Å². The summed E-state index contributed by atoms with van der Waals surface area (Å²) in [6, 6.07) is 7.15. The SMILES string of the molecule is CCOC(=O)CCS(=O)(=O)Nc1n[nH]c2ccccc12. The van der Waals surface area contributed by atoms with Crippen LogP contribution < -0.4 is 4.72 Å². The van der Waals surface area contributed by atoms with Gasteiger partial charge >= 0.3 is 5.97 Å². The molecule has 0 atom stereocenters. The van der Waals surface area contributed by atoms with Gasteiger partial charge in [0.05, 0.1) is 24.3 Å². The quantitative estimate of drug-likeness (QED) is 0.782. The van der Waals surface area contributed by atoms with Gasteiger partial charge in [-0.25, -0.2) is 8.42 Å². The van der Waals surface area contributed by atoms with E-state index in [1.807, 2.05) is 6.07 Å². The monoisotopic (exact) mass is 297 g/mol. The van der Waals surface area contributed by atoms with Crippen LogP contribution in [-0.2, 0) is 19.6 Å². The van der Waals surface area contributed by atoms with Crippen molar-refractivity contribution in [3.05, 3.63) is 24.3 Å². The number of H-pyrrole nitrogens is 1. The maximum atomic E-state index is 11.9. The highest BCUT2D eigenvalue weighted by Crippen LogP contribution is 2.20. The lowest BCUT2D eigenvalue weighted by Crippen LogP contribution is -2.20. The minimum absolute atomic E-state index is 0.189. The van der Waals surface area contributed by atoms with E-state index in [9.17, 15) is 13.2 Å². The lowest BCUT2D eigenvalue weighted by Gasteiger charge is -2.05. The second kappa shape index (κ2) is 5.91. The summed E-state index contributed by atoms with van der Waals surface area (Å²) < 4.78 is 30.8. The second-order valence-corrected chi connectivity index (χ2v) is 5.94. The summed E-state index contributed by atoms with van der Waals surface area (Å²) in [6.07, 6.45) is -0.189. The number of nitrogens with zero attached hydrogens (tertiary/aromatic N) is 1. The number of rotatable bonds is 6. The molecule has 20 heavy (non-hydrogen) atoms. The van der Waals surface area contributed by atoms with E-state index in [1.165, 1.54) is 0 Å². The summed E-state index contributed by atoms with van der Waals surface area (Å²) in [7, 11) is -3.64. The van der Waals surface area contributed by atoms with Crippen LogP contribution in [0.25, 0.3) is 10.9 Å². The number of fused-ring (bicyclic) bond motifs is 1. The summed E-state index contributed by atoms with van der Waals surface area (Å²) in [4.78, 5) is 11.2. The zero-order valence-corrected chi connectivity index (χ0v) is 11.7. The Morgan fingerprint density at radius 3 is 2.90 bits per heavy atom. The number of carbonyl (C=O) groups is 1. The predicted molar refractivity (Wildman–Crippen MR) is 74.8 cm³/mol. The molecule has 0 amide bonds. The molecule has 1 aromatic heterocycles. The molecule has 0 saturated heterocycles. The Labute approximate surface area is 116 Å².